The van der Waals surface area contributed by atoms with Crippen LogP contribution in [-0.4, -0.2) is 17.7 Å². The maximum absolute atomic E-state index is 11.4. The molecule has 0 unspecified atom stereocenters. The Morgan fingerprint density at radius 1 is 1.41 bits per heavy atom. The lowest BCUT2D eigenvalue weighted by Crippen LogP contribution is -2.09. The fourth-order valence-corrected chi connectivity index (χ4v) is 1.63. The molecule has 1 N–H and O–H groups in total. The van der Waals surface area contributed by atoms with Crippen molar-refractivity contribution in [1.82, 2.24) is 0 Å². The molecule has 4 heteroatoms. The van der Waals surface area contributed by atoms with Gasteiger partial charge < -0.3 is 9.84 Å². The van der Waals surface area contributed by atoms with Gasteiger partial charge in [-0.25, -0.2) is 0 Å². The van der Waals surface area contributed by atoms with E-state index in [0.29, 0.717) is 13.0 Å². The number of benzene rings is 1. The number of nitrogens with zero attached hydrogens (tertiary/aromatic N) is 1. The second-order valence-corrected chi connectivity index (χ2v) is 3.59. The van der Waals surface area contributed by atoms with Gasteiger partial charge in [-0.3, -0.25) is 4.79 Å². The van der Waals surface area contributed by atoms with Crippen LogP contribution in [0.2, 0.25) is 0 Å². The zero-order chi connectivity index (χ0) is 12.8. The number of ether oxygens (including phenoxy) is 1. The van der Waals surface area contributed by atoms with E-state index >= 15 is 0 Å². The van der Waals surface area contributed by atoms with Crippen molar-refractivity contribution in [2.24, 2.45) is 0 Å². The van der Waals surface area contributed by atoms with Gasteiger partial charge in [-0.1, -0.05) is 6.92 Å². The molecule has 0 atom stereocenters. The molecule has 0 bridgehead atoms. The van der Waals surface area contributed by atoms with E-state index in [1.165, 1.54) is 6.07 Å². The Labute approximate surface area is 100 Å². The Hall–Kier alpha value is -2.02. The number of rotatable bonds is 4. The van der Waals surface area contributed by atoms with E-state index in [1.807, 2.05) is 13.0 Å². The van der Waals surface area contributed by atoms with Crippen molar-refractivity contribution >= 4 is 5.97 Å². The van der Waals surface area contributed by atoms with E-state index in [0.717, 1.165) is 11.1 Å². The van der Waals surface area contributed by atoms with Crippen LogP contribution in [0, 0.1) is 11.3 Å². The molecule has 0 aliphatic carbocycles. The molecule has 0 saturated heterocycles. The quantitative estimate of drug-likeness (QED) is 0.807. The molecule has 1 aromatic rings. The molecule has 0 aromatic heterocycles. The minimum absolute atomic E-state index is 0.0445. The topological polar surface area (TPSA) is 70.3 Å². The number of phenolic OH excluding ortho intramolecular Hbond substituents is 1. The van der Waals surface area contributed by atoms with E-state index < -0.39 is 0 Å². The van der Waals surface area contributed by atoms with Crippen LogP contribution >= 0.6 is 0 Å². The van der Waals surface area contributed by atoms with E-state index in [2.05, 4.69) is 0 Å². The molecule has 0 heterocycles. The highest BCUT2D eigenvalue weighted by molar-refractivity contribution is 5.73. The van der Waals surface area contributed by atoms with Crippen LogP contribution in [0.15, 0.2) is 12.1 Å². The predicted molar refractivity (Wildman–Crippen MR) is 62.5 cm³/mol. The summed E-state index contributed by atoms with van der Waals surface area (Å²) >= 11 is 0. The lowest BCUT2D eigenvalue weighted by molar-refractivity contribution is -0.142. The molecule has 0 aliphatic heterocycles. The van der Waals surface area contributed by atoms with Crippen molar-refractivity contribution in [3.05, 3.63) is 28.8 Å². The third-order valence-electron chi connectivity index (χ3n) is 2.46. The molecule has 0 aliphatic rings. The van der Waals surface area contributed by atoms with Crippen LogP contribution in [0.1, 0.15) is 30.5 Å². The summed E-state index contributed by atoms with van der Waals surface area (Å²) < 4.78 is 4.86. The first kappa shape index (κ1) is 13.0. The summed E-state index contributed by atoms with van der Waals surface area (Å²) in [5.74, 6) is -0.367. The standard InChI is InChI=1S/C13H15NO3/c1-3-9-6-12(15)11(8-14)5-10(9)7-13(16)17-4-2/h5-6,15H,3-4,7H2,1-2H3. The van der Waals surface area contributed by atoms with Gasteiger partial charge in [0.2, 0.25) is 0 Å². The van der Waals surface area contributed by atoms with Crippen molar-refractivity contribution in [2.45, 2.75) is 26.7 Å². The number of nitriles is 1. The van der Waals surface area contributed by atoms with Gasteiger partial charge in [-0.05, 0) is 36.6 Å². The van der Waals surface area contributed by atoms with Crippen molar-refractivity contribution in [3.8, 4) is 11.8 Å². The van der Waals surface area contributed by atoms with Gasteiger partial charge in [0.05, 0.1) is 18.6 Å². The minimum Gasteiger partial charge on any atom is -0.507 e. The molecule has 17 heavy (non-hydrogen) atoms. The maximum atomic E-state index is 11.4. The van der Waals surface area contributed by atoms with Crippen LogP contribution < -0.4 is 0 Å². The Kier molecular flexibility index (Phi) is 4.53. The molecule has 1 rings (SSSR count). The summed E-state index contributed by atoms with van der Waals surface area (Å²) in [7, 11) is 0. The summed E-state index contributed by atoms with van der Waals surface area (Å²) in [6.07, 6.45) is 0.819. The van der Waals surface area contributed by atoms with Crippen LogP contribution in [-0.2, 0) is 22.4 Å². The van der Waals surface area contributed by atoms with Gasteiger partial charge in [0, 0.05) is 0 Å². The van der Waals surface area contributed by atoms with Crippen LogP contribution in [0.25, 0.3) is 0 Å². The van der Waals surface area contributed by atoms with E-state index in [9.17, 15) is 9.90 Å². The number of aryl methyl sites for hydroxylation is 1. The molecule has 0 amide bonds. The molecule has 0 fully saturated rings. The minimum atomic E-state index is -0.322. The third kappa shape index (κ3) is 3.22. The number of phenols is 1. The van der Waals surface area contributed by atoms with Gasteiger partial charge >= 0.3 is 5.97 Å². The van der Waals surface area contributed by atoms with Gasteiger partial charge in [0.25, 0.3) is 0 Å². The summed E-state index contributed by atoms with van der Waals surface area (Å²) in [5, 5.41) is 18.4. The average molecular weight is 233 g/mol. The molecule has 0 saturated carbocycles. The highest BCUT2D eigenvalue weighted by Gasteiger charge is 2.12. The Balaban J connectivity index is 3.05. The smallest absolute Gasteiger partial charge is 0.310 e. The van der Waals surface area contributed by atoms with E-state index in [-0.39, 0.29) is 23.7 Å². The van der Waals surface area contributed by atoms with Crippen LogP contribution in [0.5, 0.6) is 5.75 Å². The van der Waals surface area contributed by atoms with Gasteiger partial charge in [-0.2, -0.15) is 5.26 Å². The van der Waals surface area contributed by atoms with Crippen molar-refractivity contribution in [2.75, 3.05) is 6.61 Å². The predicted octanol–water partition coefficient (Wildman–Crippen LogP) is 1.93. The first-order valence-electron chi connectivity index (χ1n) is 5.52. The number of hydrogen-bond donors (Lipinski definition) is 1. The second kappa shape index (κ2) is 5.90. The van der Waals surface area contributed by atoms with Gasteiger partial charge in [0.1, 0.15) is 11.8 Å². The van der Waals surface area contributed by atoms with Crippen molar-refractivity contribution in [1.29, 1.82) is 5.26 Å². The number of hydrogen-bond acceptors (Lipinski definition) is 4. The Morgan fingerprint density at radius 2 is 2.12 bits per heavy atom. The summed E-state index contributed by atoms with van der Waals surface area (Å²) in [4.78, 5) is 11.4. The van der Waals surface area contributed by atoms with E-state index in [1.54, 1.807) is 13.0 Å². The van der Waals surface area contributed by atoms with Crippen LogP contribution in [0.3, 0.4) is 0 Å². The highest BCUT2D eigenvalue weighted by atomic mass is 16.5. The fourth-order valence-electron chi connectivity index (χ4n) is 1.63. The first-order valence-corrected chi connectivity index (χ1v) is 5.52. The lowest BCUT2D eigenvalue weighted by Gasteiger charge is -2.09. The molecule has 0 spiro atoms. The largest absolute Gasteiger partial charge is 0.507 e. The Morgan fingerprint density at radius 3 is 2.65 bits per heavy atom. The molecule has 90 valence electrons. The van der Waals surface area contributed by atoms with Gasteiger partial charge in [0.15, 0.2) is 0 Å². The monoisotopic (exact) mass is 233 g/mol. The average Bonchev–Trinajstić information content (AvgIpc) is 2.31. The third-order valence-corrected chi connectivity index (χ3v) is 2.46. The number of aromatic hydroxyl groups is 1. The zero-order valence-electron chi connectivity index (χ0n) is 9.99. The molecule has 1 aromatic carbocycles. The highest BCUT2D eigenvalue weighted by Crippen LogP contribution is 2.23. The van der Waals surface area contributed by atoms with Crippen molar-refractivity contribution < 1.29 is 14.6 Å². The number of carbonyl (C=O) groups is 1. The fraction of sp³-hybridized carbons (Fsp3) is 0.385. The summed E-state index contributed by atoms with van der Waals surface area (Å²) in [6.45, 7) is 4.01. The molecule has 4 nitrogen and oxygen atoms in total. The molecular formula is C13H15NO3. The van der Waals surface area contributed by atoms with E-state index in [4.69, 9.17) is 10.00 Å². The normalized spacial score (nSPS) is 9.71. The first-order chi connectivity index (χ1) is 8.12. The molecular weight excluding hydrogens is 218 g/mol. The maximum Gasteiger partial charge on any atom is 0.310 e. The summed E-state index contributed by atoms with van der Waals surface area (Å²) in [6, 6.07) is 4.97. The summed E-state index contributed by atoms with van der Waals surface area (Å²) in [5.41, 5.74) is 1.77. The van der Waals surface area contributed by atoms with Crippen LogP contribution in [0.4, 0.5) is 0 Å². The van der Waals surface area contributed by atoms with Crippen molar-refractivity contribution in [3.63, 3.8) is 0 Å². The number of carbonyl (C=O) groups excluding carboxylic acids is 1. The number of esters is 1. The zero-order valence-corrected chi connectivity index (χ0v) is 9.99. The Bertz CT molecular complexity index is 460. The SMILES string of the molecule is CCOC(=O)Cc1cc(C#N)c(O)cc1CC. The molecule has 0 radical (unpaired) electrons. The lowest BCUT2D eigenvalue weighted by atomic mass is 9.99. The second-order valence-electron chi connectivity index (χ2n) is 3.59. The van der Waals surface area contributed by atoms with Gasteiger partial charge in [-0.15, -0.1) is 0 Å².